The zero-order valence-electron chi connectivity index (χ0n) is 9.71. The molecule has 0 amide bonds. The van der Waals surface area contributed by atoms with E-state index >= 15 is 0 Å². The molecule has 0 spiro atoms. The van der Waals surface area contributed by atoms with Gasteiger partial charge in [0.2, 0.25) is 0 Å². The molecule has 0 aliphatic rings. The van der Waals surface area contributed by atoms with Gasteiger partial charge in [0.25, 0.3) is 0 Å². The lowest BCUT2D eigenvalue weighted by Gasteiger charge is -2.12. The van der Waals surface area contributed by atoms with Crippen molar-refractivity contribution >= 4 is 44.6 Å². The molecule has 0 atom stereocenters. The number of ether oxygens (including phenoxy) is 1. The Morgan fingerprint density at radius 1 is 1.28 bits per heavy atom. The van der Waals surface area contributed by atoms with E-state index in [9.17, 15) is 0 Å². The van der Waals surface area contributed by atoms with Crippen molar-refractivity contribution in [2.45, 2.75) is 0 Å². The van der Waals surface area contributed by atoms with Crippen LogP contribution in [-0.4, -0.2) is 7.11 Å². The Balaban J connectivity index is 2.34. The summed E-state index contributed by atoms with van der Waals surface area (Å²) in [4.78, 5) is 0. The first-order valence-corrected chi connectivity index (χ1v) is 6.43. The summed E-state index contributed by atoms with van der Waals surface area (Å²) in [6.07, 6.45) is 0. The lowest BCUT2D eigenvalue weighted by Crippen LogP contribution is -1.97. The molecule has 5 heteroatoms. The van der Waals surface area contributed by atoms with E-state index in [0.29, 0.717) is 16.4 Å². The number of nitrogens with two attached hydrogens (primary N) is 1. The lowest BCUT2D eigenvalue weighted by molar-refractivity contribution is 0.412. The summed E-state index contributed by atoms with van der Waals surface area (Å²) in [5.41, 5.74) is 8.04. The number of anilines is 3. The van der Waals surface area contributed by atoms with E-state index < -0.39 is 0 Å². The molecule has 0 fully saturated rings. The van der Waals surface area contributed by atoms with Crippen LogP contribution in [0.15, 0.2) is 40.9 Å². The van der Waals surface area contributed by atoms with Crippen molar-refractivity contribution in [1.82, 2.24) is 0 Å². The van der Waals surface area contributed by atoms with Gasteiger partial charge in [-0.25, -0.2) is 0 Å². The molecule has 0 radical (unpaired) electrons. The summed E-state index contributed by atoms with van der Waals surface area (Å²) in [5.74, 6) is 0.741. The van der Waals surface area contributed by atoms with Crippen LogP contribution in [0.2, 0.25) is 5.02 Å². The zero-order chi connectivity index (χ0) is 13.1. The van der Waals surface area contributed by atoms with Crippen LogP contribution < -0.4 is 15.8 Å². The summed E-state index contributed by atoms with van der Waals surface area (Å²) in [5, 5.41) is 3.77. The molecule has 3 nitrogen and oxygen atoms in total. The highest BCUT2D eigenvalue weighted by Gasteiger charge is 2.06. The van der Waals surface area contributed by atoms with Gasteiger partial charge in [-0.1, -0.05) is 17.7 Å². The van der Waals surface area contributed by atoms with Crippen LogP contribution >= 0.6 is 27.5 Å². The summed E-state index contributed by atoms with van der Waals surface area (Å²) in [6, 6.07) is 11.1. The van der Waals surface area contributed by atoms with Gasteiger partial charge in [-0.2, -0.15) is 0 Å². The standard InChI is InChI=1S/C13H12BrClN2O/c1-18-12-7-8(5-6-9(12)14)17-13-10(15)3-2-4-11(13)16/h2-7,17H,16H2,1H3. The Morgan fingerprint density at radius 3 is 2.72 bits per heavy atom. The second kappa shape index (κ2) is 5.50. The molecule has 0 heterocycles. The van der Waals surface area contributed by atoms with Crippen molar-refractivity contribution in [3.8, 4) is 5.75 Å². The Bertz CT molecular complexity index is 555. The van der Waals surface area contributed by atoms with Crippen LogP contribution in [0.5, 0.6) is 5.75 Å². The van der Waals surface area contributed by atoms with E-state index in [1.165, 1.54) is 0 Å². The van der Waals surface area contributed by atoms with Crippen molar-refractivity contribution in [2.75, 3.05) is 18.2 Å². The van der Waals surface area contributed by atoms with Crippen molar-refractivity contribution in [1.29, 1.82) is 0 Å². The van der Waals surface area contributed by atoms with E-state index in [4.69, 9.17) is 22.1 Å². The van der Waals surface area contributed by atoms with E-state index in [0.717, 1.165) is 15.9 Å². The van der Waals surface area contributed by atoms with Gasteiger partial charge in [0.1, 0.15) is 5.75 Å². The number of hydrogen-bond acceptors (Lipinski definition) is 3. The quantitative estimate of drug-likeness (QED) is 0.819. The molecule has 0 bridgehead atoms. The predicted molar refractivity (Wildman–Crippen MR) is 79.8 cm³/mol. The molecule has 0 aromatic heterocycles. The first-order valence-electron chi connectivity index (χ1n) is 5.26. The van der Waals surface area contributed by atoms with Crippen LogP contribution in [0.25, 0.3) is 0 Å². The van der Waals surface area contributed by atoms with E-state index in [1.807, 2.05) is 24.3 Å². The summed E-state index contributed by atoms with van der Waals surface area (Å²) in [6.45, 7) is 0. The Hall–Kier alpha value is -1.39. The van der Waals surface area contributed by atoms with E-state index in [1.54, 1.807) is 19.2 Å². The molecular weight excluding hydrogens is 316 g/mol. The Morgan fingerprint density at radius 2 is 2.06 bits per heavy atom. The SMILES string of the molecule is COc1cc(Nc2c(N)cccc2Cl)ccc1Br. The monoisotopic (exact) mass is 326 g/mol. The molecule has 2 rings (SSSR count). The highest BCUT2D eigenvalue weighted by Crippen LogP contribution is 2.34. The number of rotatable bonds is 3. The molecule has 94 valence electrons. The molecule has 3 N–H and O–H groups in total. The minimum absolute atomic E-state index is 0.580. The molecule has 0 unspecified atom stereocenters. The molecule has 0 aliphatic carbocycles. The molecule has 18 heavy (non-hydrogen) atoms. The normalized spacial score (nSPS) is 10.2. The maximum atomic E-state index is 6.10. The van der Waals surface area contributed by atoms with Gasteiger partial charge in [0, 0.05) is 11.8 Å². The Labute approximate surface area is 119 Å². The second-order valence-electron chi connectivity index (χ2n) is 3.68. The number of nitrogens with one attached hydrogen (secondary N) is 1. The third kappa shape index (κ3) is 2.71. The van der Waals surface area contributed by atoms with Gasteiger partial charge < -0.3 is 15.8 Å². The number of halogens is 2. The largest absolute Gasteiger partial charge is 0.495 e. The number of para-hydroxylation sites is 1. The van der Waals surface area contributed by atoms with Crippen molar-refractivity contribution < 1.29 is 4.74 Å². The Kier molecular flexibility index (Phi) is 3.99. The fourth-order valence-electron chi connectivity index (χ4n) is 1.55. The van der Waals surface area contributed by atoms with Crippen molar-refractivity contribution in [2.24, 2.45) is 0 Å². The molecule has 2 aromatic rings. The summed E-state index contributed by atoms with van der Waals surface area (Å²) >= 11 is 9.50. The van der Waals surface area contributed by atoms with Gasteiger partial charge in [0.15, 0.2) is 0 Å². The predicted octanol–water partition coefficient (Wildman–Crippen LogP) is 4.44. The molecule has 0 saturated heterocycles. The van der Waals surface area contributed by atoms with Crippen LogP contribution in [0.4, 0.5) is 17.1 Å². The van der Waals surface area contributed by atoms with Gasteiger partial charge in [0.05, 0.1) is 28.0 Å². The lowest BCUT2D eigenvalue weighted by atomic mass is 10.2. The van der Waals surface area contributed by atoms with Crippen molar-refractivity contribution in [3.05, 3.63) is 45.9 Å². The van der Waals surface area contributed by atoms with Gasteiger partial charge in [-0.05, 0) is 40.2 Å². The maximum Gasteiger partial charge on any atom is 0.135 e. The fourth-order valence-corrected chi connectivity index (χ4v) is 2.19. The number of hydrogen-bond donors (Lipinski definition) is 2. The number of methoxy groups -OCH3 is 1. The first kappa shape index (κ1) is 13.1. The average molecular weight is 328 g/mol. The third-order valence-corrected chi connectivity index (χ3v) is 3.44. The summed E-state index contributed by atoms with van der Waals surface area (Å²) in [7, 11) is 1.62. The van der Waals surface area contributed by atoms with Crippen LogP contribution in [0, 0.1) is 0 Å². The van der Waals surface area contributed by atoms with E-state index in [-0.39, 0.29) is 0 Å². The smallest absolute Gasteiger partial charge is 0.135 e. The summed E-state index contributed by atoms with van der Waals surface area (Å²) < 4.78 is 6.12. The van der Waals surface area contributed by atoms with Gasteiger partial charge in [-0.15, -0.1) is 0 Å². The van der Waals surface area contributed by atoms with Gasteiger partial charge >= 0.3 is 0 Å². The molecule has 0 saturated carbocycles. The van der Waals surface area contributed by atoms with Crippen LogP contribution in [0.3, 0.4) is 0 Å². The molecule has 2 aromatic carbocycles. The fraction of sp³-hybridized carbons (Fsp3) is 0.0769. The zero-order valence-corrected chi connectivity index (χ0v) is 12.0. The molecular formula is C13H12BrClN2O. The first-order chi connectivity index (χ1) is 8.61. The highest BCUT2D eigenvalue weighted by molar-refractivity contribution is 9.10. The van der Waals surface area contributed by atoms with Crippen LogP contribution in [-0.2, 0) is 0 Å². The average Bonchev–Trinajstić information content (AvgIpc) is 2.36. The van der Waals surface area contributed by atoms with Crippen LogP contribution in [0.1, 0.15) is 0 Å². The minimum atomic E-state index is 0.580. The number of benzene rings is 2. The van der Waals surface area contributed by atoms with Gasteiger partial charge in [-0.3, -0.25) is 0 Å². The number of nitrogen functional groups attached to an aromatic ring is 1. The highest BCUT2D eigenvalue weighted by atomic mass is 79.9. The topological polar surface area (TPSA) is 47.3 Å². The minimum Gasteiger partial charge on any atom is -0.495 e. The third-order valence-electron chi connectivity index (χ3n) is 2.47. The maximum absolute atomic E-state index is 6.10. The second-order valence-corrected chi connectivity index (χ2v) is 4.94. The molecule has 0 aliphatic heterocycles. The van der Waals surface area contributed by atoms with E-state index in [2.05, 4.69) is 21.2 Å². The van der Waals surface area contributed by atoms with Crippen molar-refractivity contribution in [3.63, 3.8) is 0 Å².